The lowest BCUT2D eigenvalue weighted by atomic mass is 10.2. The van der Waals surface area contributed by atoms with Crippen LogP contribution in [0.4, 0.5) is 0 Å². The van der Waals surface area contributed by atoms with E-state index in [-0.39, 0.29) is 11.8 Å². The molecule has 1 unspecified atom stereocenters. The predicted octanol–water partition coefficient (Wildman–Crippen LogP) is 1.72. The Labute approximate surface area is 83.7 Å². The molecule has 1 aromatic rings. The first-order chi connectivity index (χ1) is 6.68. The van der Waals surface area contributed by atoms with Gasteiger partial charge in [0.25, 0.3) is 0 Å². The van der Waals surface area contributed by atoms with Gasteiger partial charge < -0.3 is 10.8 Å². The van der Waals surface area contributed by atoms with Crippen LogP contribution in [0.5, 0.6) is 5.75 Å². The molecule has 1 heterocycles. The highest BCUT2D eigenvalue weighted by molar-refractivity contribution is 5.25. The first-order valence-corrected chi connectivity index (χ1v) is 5.22. The van der Waals surface area contributed by atoms with Gasteiger partial charge in [-0.05, 0) is 19.8 Å². The molecule has 0 aromatic carbocycles. The molecule has 0 bridgehead atoms. The van der Waals surface area contributed by atoms with Crippen LogP contribution in [-0.4, -0.2) is 14.9 Å². The highest BCUT2D eigenvalue weighted by atomic mass is 16.3. The maximum absolute atomic E-state index is 9.60. The molecular formula is C10H17N3O. The van der Waals surface area contributed by atoms with Crippen LogP contribution in [0.15, 0.2) is 6.20 Å². The number of nitrogens with two attached hydrogens (primary N) is 1. The monoisotopic (exact) mass is 195 g/mol. The lowest BCUT2D eigenvalue weighted by Crippen LogP contribution is -2.09. The first-order valence-electron chi connectivity index (χ1n) is 5.22. The Morgan fingerprint density at radius 3 is 2.71 bits per heavy atom. The fourth-order valence-corrected chi connectivity index (χ4v) is 2.08. The molecule has 2 rings (SSSR count). The van der Waals surface area contributed by atoms with Crippen molar-refractivity contribution in [2.24, 2.45) is 5.73 Å². The zero-order valence-corrected chi connectivity index (χ0v) is 8.48. The molecule has 0 radical (unpaired) electrons. The van der Waals surface area contributed by atoms with Crippen LogP contribution in [0.3, 0.4) is 0 Å². The number of aromatic nitrogens is 2. The van der Waals surface area contributed by atoms with Gasteiger partial charge in [-0.2, -0.15) is 5.10 Å². The Balaban J connectivity index is 2.22. The molecular weight excluding hydrogens is 178 g/mol. The van der Waals surface area contributed by atoms with E-state index in [2.05, 4.69) is 5.10 Å². The van der Waals surface area contributed by atoms with E-state index in [9.17, 15) is 5.11 Å². The molecule has 14 heavy (non-hydrogen) atoms. The van der Waals surface area contributed by atoms with Gasteiger partial charge >= 0.3 is 0 Å². The molecule has 0 amide bonds. The van der Waals surface area contributed by atoms with E-state index in [0.29, 0.717) is 11.7 Å². The number of rotatable bonds is 2. The smallest absolute Gasteiger partial charge is 0.158 e. The van der Waals surface area contributed by atoms with E-state index in [1.165, 1.54) is 25.7 Å². The highest BCUT2D eigenvalue weighted by Gasteiger charge is 2.20. The normalized spacial score (nSPS) is 20.1. The van der Waals surface area contributed by atoms with E-state index in [0.717, 1.165) is 0 Å². The van der Waals surface area contributed by atoms with Crippen LogP contribution in [0.2, 0.25) is 0 Å². The molecule has 1 aliphatic carbocycles. The van der Waals surface area contributed by atoms with Gasteiger partial charge in [-0.1, -0.05) is 12.8 Å². The predicted molar refractivity (Wildman–Crippen MR) is 54.0 cm³/mol. The van der Waals surface area contributed by atoms with Crippen LogP contribution in [-0.2, 0) is 0 Å². The third-order valence-electron chi connectivity index (χ3n) is 2.87. The maximum Gasteiger partial charge on any atom is 0.158 e. The molecule has 3 N–H and O–H groups in total. The largest absolute Gasteiger partial charge is 0.504 e. The van der Waals surface area contributed by atoms with E-state index in [1.807, 2.05) is 11.6 Å². The van der Waals surface area contributed by atoms with Crippen molar-refractivity contribution in [3.8, 4) is 5.75 Å². The first kappa shape index (κ1) is 9.52. The van der Waals surface area contributed by atoms with Gasteiger partial charge in [0, 0.05) is 6.04 Å². The summed E-state index contributed by atoms with van der Waals surface area (Å²) in [6, 6.07) is 0.269. The van der Waals surface area contributed by atoms with Crippen molar-refractivity contribution in [3.63, 3.8) is 0 Å². The topological polar surface area (TPSA) is 64.1 Å². The van der Waals surface area contributed by atoms with E-state index in [1.54, 1.807) is 6.20 Å². The third kappa shape index (κ3) is 1.62. The lowest BCUT2D eigenvalue weighted by Gasteiger charge is -2.08. The van der Waals surface area contributed by atoms with Crippen LogP contribution in [0.25, 0.3) is 0 Å². The van der Waals surface area contributed by atoms with Gasteiger partial charge in [0.1, 0.15) is 5.69 Å². The zero-order chi connectivity index (χ0) is 10.1. The number of hydrogen-bond donors (Lipinski definition) is 2. The van der Waals surface area contributed by atoms with Gasteiger partial charge in [0.2, 0.25) is 0 Å². The average molecular weight is 195 g/mol. The molecule has 0 spiro atoms. The van der Waals surface area contributed by atoms with Gasteiger partial charge in [0.15, 0.2) is 5.75 Å². The second kappa shape index (κ2) is 3.61. The Morgan fingerprint density at radius 2 is 2.21 bits per heavy atom. The minimum Gasteiger partial charge on any atom is -0.504 e. The molecule has 78 valence electrons. The van der Waals surface area contributed by atoms with Gasteiger partial charge in [-0.25, -0.2) is 0 Å². The summed E-state index contributed by atoms with van der Waals surface area (Å²) in [5, 5.41) is 13.9. The van der Waals surface area contributed by atoms with Gasteiger partial charge in [-0.15, -0.1) is 0 Å². The summed E-state index contributed by atoms with van der Waals surface area (Å²) in [5.74, 6) is 0.229. The Kier molecular flexibility index (Phi) is 2.46. The van der Waals surface area contributed by atoms with E-state index < -0.39 is 0 Å². The summed E-state index contributed by atoms with van der Waals surface area (Å²) in [7, 11) is 0. The molecule has 4 nitrogen and oxygen atoms in total. The Bertz CT molecular complexity index is 313. The number of aromatic hydroxyl groups is 1. The summed E-state index contributed by atoms with van der Waals surface area (Å²) >= 11 is 0. The third-order valence-corrected chi connectivity index (χ3v) is 2.87. The Morgan fingerprint density at radius 1 is 1.57 bits per heavy atom. The number of nitrogens with zero attached hydrogens (tertiary/aromatic N) is 2. The highest BCUT2D eigenvalue weighted by Crippen LogP contribution is 2.31. The maximum atomic E-state index is 9.60. The minimum absolute atomic E-state index is 0.197. The summed E-state index contributed by atoms with van der Waals surface area (Å²) in [5.41, 5.74) is 6.30. The van der Waals surface area contributed by atoms with Crippen LogP contribution < -0.4 is 5.73 Å². The second-order valence-electron chi connectivity index (χ2n) is 4.11. The van der Waals surface area contributed by atoms with Gasteiger partial charge in [0.05, 0.1) is 12.2 Å². The molecule has 1 aromatic heterocycles. The fraction of sp³-hybridized carbons (Fsp3) is 0.700. The summed E-state index contributed by atoms with van der Waals surface area (Å²) < 4.78 is 1.88. The molecule has 1 fully saturated rings. The lowest BCUT2D eigenvalue weighted by molar-refractivity contribution is 0.452. The van der Waals surface area contributed by atoms with Crippen molar-refractivity contribution in [3.05, 3.63) is 11.9 Å². The molecule has 1 aliphatic rings. The van der Waals surface area contributed by atoms with Crippen molar-refractivity contribution in [1.29, 1.82) is 0 Å². The Hall–Kier alpha value is -1.03. The van der Waals surface area contributed by atoms with Crippen molar-refractivity contribution in [1.82, 2.24) is 9.78 Å². The molecule has 1 atom stereocenters. The van der Waals surface area contributed by atoms with Crippen molar-refractivity contribution in [2.45, 2.75) is 44.7 Å². The van der Waals surface area contributed by atoms with Gasteiger partial charge in [-0.3, -0.25) is 4.68 Å². The number of hydrogen-bond acceptors (Lipinski definition) is 3. The SMILES string of the molecule is CC(N)c1nn(C2CCCC2)cc1O. The zero-order valence-electron chi connectivity index (χ0n) is 8.48. The van der Waals surface area contributed by atoms with Crippen molar-refractivity contribution in [2.75, 3.05) is 0 Å². The summed E-state index contributed by atoms with van der Waals surface area (Å²) in [6.45, 7) is 1.83. The quantitative estimate of drug-likeness (QED) is 0.755. The van der Waals surface area contributed by atoms with Crippen LogP contribution in [0.1, 0.15) is 50.4 Å². The fourth-order valence-electron chi connectivity index (χ4n) is 2.08. The second-order valence-corrected chi connectivity index (χ2v) is 4.11. The standard InChI is InChI=1S/C10H17N3O/c1-7(11)10-9(14)6-13(12-10)8-4-2-3-5-8/h6-8,14H,2-5,11H2,1H3. The van der Waals surface area contributed by atoms with E-state index >= 15 is 0 Å². The van der Waals surface area contributed by atoms with Crippen LogP contribution >= 0.6 is 0 Å². The van der Waals surface area contributed by atoms with Crippen molar-refractivity contribution >= 4 is 0 Å². The van der Waals surface area contributed by atoms with Crippen LogP contribution in [0, 0.1) is 0 Å². The van der Waals surface area contributed by atoms with E-state index in [4.69, 9.17) is 5.73 Å². The summed E-state index contributed by atoms with van der Waals surface area (Å²) in [6.07, 6.45) is 6.56. The van der Waals surface area contributed by atoms with Crippen molar-refractivity contribution < 1.29 is 5.11 Å². The summed E-state index contributed by atoms with van der Waals surface area (Å²) in [4.78, 5) is 0. The average Bonchev–Trinajstić information content (AvgIpc) is 2.70. The minimum atomic E-state index is -0.197. The molecule has 0 aliphatic heterocycles. The molecule has 4 heteroatoms. The molecule has 1 saturated carbocycles. The molecule has 0 saturated heterocycles.